The van der Waals surface area contributed by atoms with E-state index in [4.69, 9.17) is 0 Å². The zero-order valence-corrected chi connectivity index (χ0v) is 14.6. The molecule has 1 saturated heterocycles. The van der Waals surface area contributed by atoms with Crippen molar-refractivity contribution in [2.75, 3.05) is 18.0 Å². The van der Waals surface area contributed by atoms with Crippen LogP contribution in [0, 0.1) is 5.92 Å². The van der Waals surface area contributed by atoms with Gasteiger partial charge in [0.2, 0.25) is 0 Å². The Morgan fingerprint density at radius 3 is 2.52 bits per heavy atom. The lowest BCUT2D eigenvalue weighted by Crippen LogP contribution is -2.34. The van der Waals surface area contributed by atoms with E-state index in [1.54, 1.807) is 11.1 Å². The second kappa shape index (κ2) is 6.21. The molecule has 3 heterocycles. The van der Waals surface area contributed by atoms with E-state index >= 15 is 0 Å². The van der Waals surface area contributed by atoms with Crippen molar-refractivity contribution in [1.82, 2.24) is 9.38 Å². The molecular weight excluding hydrogens is 306 g/mol. The molecule has 1 saturated carbocycles. The molecule has 3 nitrogen and oxygen atoms in total. The fourth-order valence-corrected chi connectivity index (χ4v) is 4.39. The van der Waals surface area contributed by atoms with Gasteiger partial charge in [0.1, 0.15) is 0 Å². The topological polar surface area (TPSA) is 20.5 Å². The lowest BCUT2D eigenvalue weighted by atomic mass is 9.87. The van der Waals surface area contributed by atoms with Gasteiger partial charge in [-0.1, -0.05) is 18.2 Å². The highest BCUT2D eigenvalue weighted by molar-refractivity contribution is 5.58. The van der Waals surface area contributed by atoms with Crippen LogP contribution < -0.4 is 4.90 Å². The Balaban J connectivity index is 1.34. The molecule has 128 valence electrons. The van der Waals surface area contributed by atoms with Crippen molar-refractivity contribution in [3.8, 4) is 0 Å². The summed E-state index contributed by atoms with van der Waals surface area (Å²) in [5.74, 6) is 1.60. The highest BCUT2D eigenvalue weighted by Crippen LogP contribution is 2.43. The highest BCUT2D eigenvalue weighted by Gasteiger charge is 2.29. The van der Waals surface area contributed by atoms with Gasteiger partial charge in [-0.3, -0.25) is 0 Å². The number of piperidine rings is 1. The minimum atomic E-state index is 0.790. The van der Waals surface area contributed by atoms with Crippen molar-refractivity contribution < 1.29 is 0 Å². The Kier molecular flexibility index (Phi) is 3.73. The van der Waals surface area contributed by atoms with Gasteiger partial charge in [-0.2, -0.15) is 0 Å². The quantitative estimate of drug-likeness (QED) is 0.692. The molecule has 3 heteroatoms. The van der Waals surface area contributed by atoms with Crippen LogP contribution in [-0.4, -0.2) is 22.5 Å². The van der Waals surface area contributed by atoms with Crippen molar-refractivity contribution in [2.24, 2.45) is 5.92 Å². The van der Waals surface area contributed by atoms with Crippen LogP contribution >= 0.6 is 0 Å². The van der Waals surface area contributed by atoms with Crippen molar-refractivity contribution in [3.05, 3.63) is 66.2 Å². The molecule has 3 aromatic rings. The van der Waals surface area contributed by atoms with Gasteiger partial charge in [-0.05, 0) is 73.3 Å². The summed E-state index contributed by atoms with van der Waals surface area (Å²) in [5, 5.41) is 0. The normalized spacial score (nSPS) is 18.8. The molecule has 0 spiro atoms. The number of fused-ring (bicyclic) bond motifs is 1. The van der Waals surface area contributed by atoms with Gasteiger partial charge in [-0.15, -0.1) is 0 Å². The molecule has 0 bridgehead atoms. The average Bonchev–Trinajstić information content (AvgIpc) is 3.39. The predicted molar refractivity (Wildman–Crippen MR) is 102 cm³/mol. The third-order valence-corrected chi connectivity index (χ3v) is 5.98. The van der Waals surface area contributed by atoms with E-state index in [0.29, 0.717) is 0 Å². The molecule has 0 atom stereocenters. The molecule has 2 aliphatic rings. The van der Waals surface area contributed by atoms with Crippen molar-refractivity contribution in [2.45, 2.75) is 38.0 Å². The van der Waals surface area contributed by atoms with E-state index in [9.17, 15) is 0 Å². The van der Waals surface area contributed by atoms with Crippen LogP contribution in [0.25, 0.3) is 5.52 Å². The van der Waals surface area contributed by atoms with Gasteiger partial charge < -0.3 is 9.30 Å². The van der Waals surface area contributed by atoms with E-state index in [-0.39, 0.29) is 0 Å². The summed E-state index contributed by atoms with van der Waals surface area (Å²) < 4.78 is 2.19. The predicted octanol–water partition coefficient (Wildman–Crippen LogP) is 4.67. The molecule has 0 N–H and O–H groups in total. The van der Waals surface area contributed by atoms with Crippen LogP contribution in [0.4, 0.5) is 5.69 Å². The summed E-state index contributed by atoms with van der Waals surface area (Å²) in [6, 6.07) is 13.2. The standard InChI is InChI=1S/C22H25N3/c1-2-4-19(5-3-1)24-11-8-17(9-12-24)14-21-20(18-6-7-18)10-13-25-16-23-15-22(21)25/h1-5,10,13,15-18H,6-9,11-12,14H2. The third kappa shape index (κ3) is 2.92. The van der Waals surface area contributed by atoms with Crippen molar-refractivity contribution in [3.63, 3.8) is 0 Å². The molecule has 5 rings (SSSR count). The number of nitrogens with zero attached hydrogens (tertiary/aromatic N) is 3. The van der Waals surface area contributed by atoms with E-state index in [1.165, 1.54) is 56.4 Å². The number of imidazole rings is 1. The zero-order chi connectivity index (χ0) is 16.6. The Bertz CT molecular complexity index is 855. The van der Waals surface area contributed by atoms with Gasteiger partial charge in [-0.25, -0.2) is 4.98 Å². The van der Waals surface area contributed by atoms with Crippen LogP contribution in [0.15, 0.2) is 55.1 Å². The number of rotatable bonds is 4. The third-order valence-electron chi connectivity index (χ3n) is 5.98. The number of hydrogen-bond donors (Lipinski definition) is 0. The molecule has 2 fully saturated rings. The molecule has 2 aromatic heterocycles. The van der Waals surface area contributed by atoms with Gasteiger partial charge >= 0.3 is 0 Å². The maximum atomic E-state index is 4.38. The van der Waals surface area contributed by atoms with Gasteiger partial charge in [0.25, 0.3) is 0 Å². The number of aromatic nitrogens is 2. The first-order chi connectivity index (χ1) is 12.4. The van der Waals surface area contributed by atoms with Crippen LogP contribution in [0.1, 0.15) is 42.7 Å². The summed E-state index contributed by atoms with van der Waals surface area (Å²) in [6.45, 7) is 2.35. The molecule has 25 heavy (non-hydrogen) atoms. The summed E-state index contributed by atoms with van der Waals surface area (Å²) in [4.78, 5) is 6.92. The van der Waals surface area contributed by atoms with Gasteiger partial charge in [0.05, 0.1) is 18.0 Å². The van der Waals surface area contributed by atoms with E-state index in [0.717, 1.165) is 11.8 Å². The van der Waals surface area contributed by atoms with Crippen molar-refractivity contribution >= 4 is 11.2 Å². The first kappa shape index (κ1) is 15.0. The maximum absolute atomic E-state index is 4.38. The summed E-state index contributed by atoms with van der Waals surface area (Å²) in [6.07, 6.45) is 12.7. The van der Waals surface area contributed by atoms with E-state index < -0.39 is 0 Å². The number of pyridine rings is 1. The van der Waals surface area contributed by atoms with Crippen molar-refractivity contribution in [1.29, 1.82) is 0 Å². The Morgan fingerprint density at radius 1 is 0.960 bits per heavy atom. The number of benzene rings is 1. The van der Waals surface area contributed by atoms with Crippen LogP contribution in [0.2, 0.25) is 0 Å². The molecule has 1 aliphatic carbocycles. The summed E-state index contributed by atoms with van der Waals surface area (Å²) >= 11 is 0. The number of anilines is 1. The first-order valence-corrected chi connectivity index (χ1v) is 9.62. The minimum absolute atomic E-state index is 0.790. The summed E-state index contributed by atoms with van der Waals surface area (Å²) in [5.41, 5.74) is 5.87. The molecular formula is C22H25N3. The van der Waals surface area contributed by atoms with Gasteiger partial charge in [0.15, 0.2) is 0 Å². The molecule has 0 amide bonds. The monoisotopic (exact) mass is 331 g/mol. The Hall–Kier alpha value is -2.29. The zero-order valence-electron chi connectivity index (χ0n) is 14.6. The molecule has 0 radical (unpaired) electrons. The summed E-state index contributed by atoms with van der Waals surface area (Å²) in [7, 11) is 0. The lowest BCUT2D eigenvalue weighted by Gasteiger charge is -2.34. The first-order valence-electron chi connectivity index (χ1n) is 9.62. The number of para-hydroxylation sites is 1. The number of hydrogen-bond acceptors (Lipinski definition) is 2. The largest absolute Gasteiger partial charge is 0.372 e. The van der Waals surface area contributed by atoms with Crippen LogP contribution in [0.5, 0.6) is 0 Å². The van der Waals surface area contributed by atoms with Crippen LogP contribution in [0.3, 0.4) is 0 Å². The second-order valence-corrected chi connectivity index (χ2v) is 7.68. The fourth-order valence-electron chi connectivity index (χ4n) is 4.39. The van der Waals surface area contributed by atoms with Crippen LogP contribution in [-0.2, 0) is 6.42 Å². The van der Waals surface area contributed by atoms with E-state index in [1.807, 2.05) is 6.33 Å². The Labute approximate surface area is 149 Å². The average molecular weight is 331 g/mol. The van der Waals surface area contributed by atoms with E-state index in [2.05, 4.69) is 63.1 Å². The lowest BCUT2D eigenvalue weighted by molar-refractivity contribution is 0.403. The van der Waals surface area contributed by atoms with Gasteiger partial charge in [0, 0.05) is 25.0 Å². The molecule has 1 aliphatic heterocycles. The molecule has 0 unspecified atom stereocenters. The molecule has 1 aromatic carbocycles. The smallest absolute Gasteiger partial charge is 0.0992 e. The maximum Gasteiger partial charge on any atom is 0.0992 e. The highest BCUT2D eigenvalue weighted by atomic mass is 15.1. The SMILES string of the molecule is c1ccc(N2CCC(Cc3c(C4CC4)ccn4cncc34)CC2)cc1. The fraction of sp³-hybridized carbons (Fsp3) is 0.409. The second-order valence-electron chi connectivity index (χ2n) is 7.68. The minimum Gasteiger partial charge on any atom is -0.372 e. The Morgan fingerprint density at radius 2 is 1.76 bits per heavy atom.